The maximum absolute atomic E-state index is 13.4. The van der Waals surface area contributed by atoms with Crippen LogP contribution in [0.5, 0.6) is 0 Å². The van der Waals surface area contributed by atoms with Crippen LogP contribution in [-0.4, -0.2) is 30.2 Å². The van der Waals surface area contributed by atoms with Crippen molar-refractivity contribution in [2.45, 2.75) is 25.9 Å². The number of hydrogen-bond acceptors (Lipinski definition) is 3. The molecule has 0 aliphatic carbocycles. The van der Waals surface area contributed by atoms with E-state index in [1.54, 1.807) is 6.07 Å². The van der Waals surface area contributed by atoms with Crippen molar-refractivity contribution in [2.75, 3.05) is 25.5 Å². The van der Waals surface area contributed by atoms with Crippen LogP contribution in [0.15, 0.2) is 18.2 Å². The average molecular weight is 238 g/mol. The van der Waals surface area contributed by atoms with Crippen LogP contribution < -0.4 is 5.73 Å². The molecule has 0 bridgehead atoms. The second-order valence-corrected chi connectivity index (χ2v) is 5.10. The first-order valence-corrected chi connectivity index (χ1v) is 5.86. The summed E-state index contributed by atoms with van der Waals surface area (Å²) in [6.07, 6.45) is 0. The lowest BCUT2D eigenvalue weighted by atomic mass is 10.0. The third-order valence-corrected chi connectivity index (χ3v) is 3.32. The summed E-state index contributed by atoms with van der Waals surface area (Å²) in [4.78, 5) is 2.28. The summed E-state index contributed by atoms with van der Waals surface area (Å²) >= 11 is 0. The lowest BCUT2D eigenvalue weighted by Gasteiger charge is -2.42. The molecule has 0 aromatic heterocycles. The van der Waals surface area contributed by atoms with Gasteiger partial charge in [0.2, 0.25) is 0 Å². The fourth-order valence-electron chi connectivity index (χ4n) is 2.11. The van der Waals surface area contributed by atoms with Gasteiger partial charge in [0.1, 0.15) is 5.82 Å². The van der Waals surface area contributed by atoms with E-state index >= 15 is 0 Å². The molecule has 2 N–H and O–H groups in total. The second kappa shape index (κ2) is 4.63. The van der Waals surface area contributed by atoms with Gasteiger partial charge in [-0.1, -0.05) is 12.1 Å². The lowest BCUT2D eigenvalue weighted by molar-refractivity contribution is -0.0552. The van der Waals surface area contributed by atoms with E-state index in [0.717, 1.165) is 18.7 Å². The smallest absolute Gasteiger partial charge is 0.146 e. The summed E-state index contributed by atoms with van der Waals surface area (Å²) in [7, 11) is 0. The first-order valence-electron chi connectivity index (χ1n) is 5.86. The zero-order valence-corrected chi connectivity index (χ0v) is 10.4. The van der Waals surface area contributed by atoms with Crippen LogP contribution in [0.1, 0.15) is 19.4 Å². The van der Waals surface area contributed by atoms with Crippen LogP contribution in [-0.2, 0) is 11.3 Å². The number of halogens is 1. The highest BCUT2D eigenvalue weighted by Gasteiger charge is 2.30. The van der Waals surface area contributed by atoms with E-state index in [9.17, 15) is 4.39 Å². The molecule has 3 nitrogen and oxygen atoms in total. The van der Waals surface area contributed by atoms with Gasteiger partial charge >= 0.3 is 0 Å². The molecule has 1 aromatic rings. The van der Waals surface area contributed by atoms with Crippen LogP contribution in [0.3, 0.4) is 0 Å². The number of morpholine rings is 1. The number of nitrogen functional groups attached to an aromatic ring is 1. The zero-order chi connectivity index (χ0) is 12.5. The topological polar surface area (TPSA) is 38.5 Å². The molecule has 4 heteroatoms. The quantitative estimate of drug-likeness (QED) is 0.801. The van der Waals surface area contributed by atoms with Crippen molar-refractivity contribution in [2.24, 2.45) is 0 Å². The molecule has 0 radical (unpaired) electrons. The Balaban J connectivity index is 2.17. The Labute approximate surface area is 101 Å². The molecule has 1 aromatic carbocycles. The Morgan fingerprint density at radius 1 is 1.47 bits per heavy atom. The summed E-state index contributed by atoms with van der Waals surface area (Å²) in [5.74, 6) is -0.339. The van der Waals surface area contributed by atoms with Gasteiger partial charge in [-0.25, -0.2) is 4.39 Å². The number of benzene rings is 1. The van der Waals surface area contributed by atoms with Crippen LogP contribution in [0.25, 0.3) is 0 Å². The van der Waals surface area contributed by atoms with Crippen LogP contribution >= 0.6 is 0 Å². The summed E-state index contributed by atoms with van der Waals surface area (Å²) in [5.41, 5.74) is 6.83. The largest absolute Gasteiger partial charge is 0.396 e. The standard InChI is InChI=1S/C13H19FN2O/c1-13(2)9-17-7-6-16(13)8-10-4-3-5-11(14)12(10)15/h3-5H,6-9,15H2,1-2H3. The fraction of sp³-hybridized carbons (Fsp3) is 0.538. The van der Waals surface area contributed by atoms with Gasteiger partial charge in [-0.2, -0.15) is 0 Å². The molecule has 94 valence electrons. The first kappa shape index (κ1) is 12.3. The highest BCUT2D eigenvalue weighted by Crippen LogP contribution is 2.24. The molecule has 1 saturated heterocycles. The summed E-state index contributed by atoms with van der Waals surface area (Å²) in [6, 6.07) is 4.97. The Morgan fingerprint density at radius 3 is 2.94 bits per heavy atom. The highest BCUT2D eigenvalue weighted by molar-refractivity contribution is 5.47. The molecule has 0 spiro atoms. The molecular formula is C13H19FN2O. The molecule has 17 heavy (non-hydrogen) atoms. The van der Waals surface area contributed by atoms with Crippen molar-refractivity contribution in [3.63, 3.8) is 0 Å². The van der Waals surface area contributed by atoms with Crippen LogP contribution in [0.4, 0.5) is 10.1 Å². The number of rotatable bonds is 2. The lowest BCUT2D eigenvalue weighted by Crippen LogP contribution is -2.52. The van der Waals surface area contributed by atoms with E-state index in [1.165, 1.54) is 6.07 Å². The normalized spacial score (nSPS) is 20.4. The number of anilines is 1. The maximum Gasteiger partial charge on any atom is 0.146 e. The van der Waals surface area contributed by atoms with Gasteiger partial charge in [0.25, 0.3) is 0 Å². The van der Waals surface area contributed by atoms with Gasteiger partial charge in [0.05, 0.1) is 18.9 Å². The van der Waals surface area contributed by atoms with Crippen molar-refractivity contribution >= 4 is 5.69 Å². The molecular weight excluding hydrogens is 219 g/mol. The number of ether oxygens (including phenoxy) is 1. The second-order valence-electron chi connectivity index (χ2n) is 5.10. The van der Waals surface area contributed by atoms with E-state index in [1.807, 2.05) is 6.07 Å². The predicted octanol–water partition coefficient (Wildman–Crippen LogP) is 2.02. The Kier molecular flexibility index (Phi) is 3.35. The van der Waals surface area contributed by atoms with Crippen LogP contribution in [0.2, 0.25) is 0 Å². The van der Waals surface area contributed by atoms with Crippen molar-refractivity contribution in [1.82, 2.24) is 4.90 Å². The third-order valence-electron chi connectivity index (χ3n) is 3.32. The Bertz CT molecular complexity index is 406. The summed E-state index contributed by atoms with van der Waals surface area (Å²) in [6.45, 7) is 7.19. The van der Waals surface area contributed by atoms with E-state index in [0.29, 0.717) is 13.2 Å². The van der Waals surface area contributed by atoms with Crippen molar-refractivity contribution in [1.29, 1.82) is 0 Å². The van der Waals surface area contributed by atoms with Gasteiger partial charge < -0.3 is 10.5 Å². The van der Waals surface area contributed by atoms with Gasteiger partial charge in [-0.05, 0) is 25.5 Å². The van der Waals surface area contributed by atoms with Crippen molar-refractivity contribution in [3.8, 4) is 0 Å². The molecule has 1 heterocycles. The van der Waals surface area contributed by atoms with Gasteiger partial charge in [0, 0.05) is 18.6 Å². The molecule has 2 rings (SSSR count). The summed E-state index contributed by atoms with van der Waals surface area (Å²) in [5, 5.41) is 0. The number of hydrogen-bond donors (Lipinski definition) is 1. The SMILES string of the molecule is CC1(C)COCCN1Cc1cccc(F)c1N. The summed E-state index contributed by atoms with van der Waals surface area (Å²) < 4.78 is 18.8. The van der Waals surface area contributed by atoms with Gasteiger partial charge in [-0.3, -0.25) is 4.90 Å². The monoisotopic (exact) mass is 238 g/mol. The minimum absolute atomic E-state index is 0.0307. The molecule has 0 atom stereocenters. The number of nitrogens with two attached hydrogens (primary N) is 1. The van der Waals surface area contributed by atoms with Crippen molar-refractivity contribution in [3.05, 3.63) is 29.6 Å². The van der Waals surface area contributed by atoms with Crippen molar-refractivity contribution < 1.29 is 9.13 Å². The van der Waals surface area contributed by atoms with Crippen LogP contribution in [0, 0.1) is 5.82 Å². The average Bonchev–Trinajstić information content (AvgIpc) is 2.27. The fourth-order valence-corrected chi connectivity index (χ4v) is 2.11. The minimum atomic E-state index is -0.339. The Morgan fingerprint density at radius 2 is 2.24 bits per heavy atom. The van der Waals surface area contributed by atoms with E-state index in [2.05, 4.69) is 18.7 Å². The van der Waals surface area contributed by atoms with Gasteiger partial charge in [-0.15, -0.1) is 0 Å². The van der Waals surface area contributed by atoms with E-state index in [4.69, 9.17) is 10.5 Å². The Hall–Kier alpha value is -1.13. The highest BCUT2D eigenvalue weighted by atomic mass is 19.1. The van der Waals surface area contributed by atoms with E-state index in [-0.39, 0.29) is 17.0 Å². The molecule has 0 unspecified atom stereocenters. The molecule has 0 amide bonds. The predicted molar refractivity (Wildman–Crippen MR) is 66.1 cm³/mol. The van der Waals surface area contributed by atoms with Gasteiger partial charge in [0.15, 0.2) is 0 Å². The van der Waals surface area contributed by atoms with E-state index < -0.39 is 0 Å². The molecule has 0 saturated carbocycles. The molecule has 1 aliphatic rings. The molecule has 1 aliphatic heterocycles. The first-order chi connectivity index (χ1) is 8.00. The molecule has 1 fully saturated rings. The zero-order valence-electron chi connectivity index (χ0n) is 10.4. The number of nitrogens with zero attached hydrogens (tertiary/aromatic N) is 1. The minimum Gasteiger partial charge on any atom is -0.396 e. The maximum atomic E-state index is 13.4. The third kappa shape index (κ3) is 2.58. The number of para-hydroxylation sites is 1.